The van der Waals surface area contributed by atoms with Gasteiger partial charge in [0.15, 0.2) is 0 Å². The fraction of sp³-hybridized carbons (Fsp3) is 0.333. The number of nitrogens with zero attached hydrogens (tertiary/aromatic N) is 2. The van der Waals surface area contributed by atoms with Gasteiger partial charge >= 0.3 is 124 Å². The maximum Gasteiger partial charge on any atom is 1.00 e. The van der Waals surface area contributed by atoms with Crippen LogP contribution in [-0.4, -0.2) is 55.9 Å². The fourth-order valence-corrected chi connectivity index (χ4v) is 6.11. The molecule has 0 aromatic carbocycles. The second-order valence-electron chi connectivity index (χ2n) is 7.97. The largest absolute Gasteiger partial charge is 1.00 e. The van der Waals surface area contributed by atoms with E-state index >= 15 is 0 Å². The average Bonchev–Trinajstić information content (AvgIpc) is 3.47. The van der Waals surface area contributed by atoms with Crippen LogP contribution in [0.3, 0.4) is 0 Å². The molecule has 3 heterocycles. The number of hydrogen-bond donors (Lipinski definition) is 4. The number of aliphatic hydroxyl groups excluding tert-OH is 1. The van der Waals surface area contributed by atoms with E-state index in [4.69, 9.17) is 4.74 Å². The maximum atomic E-state index is 12.3. The van der Waals surface area contributed by atoms with Crippen LogP contribution in [0.5, 0.6) is 0 Å². The monoisotopic (exact) mass is 731 g/mol. The van der Waals surface area contributed by atoms with Crippen molar-refractivity contribution >= 4 is 41.5 Å². The van der Waals surface area contributed by atoms with E-state index in [9.17, 15) is 52.8 Å². The van der Waals surface area contributed by atoms with Gasteiger partial charge in [-0.2, -0.15) is 0 Å². The van der Waals surface area contributed by atoms with Crippen LogP contribution in [0.15, 0.2) is 40.5 Å². The van der Waals surface area contributed by atoms with E-state index in [0.717, 1.165) is 10.8 Å². The molecule has 1 amide bonds. The number of H-pyrrole nitrogens is 2. The number of phosphoric ester groups is 1. The summed E-state index contributed by atoms with van der Waals surface area (Å²) in [6.45, 7) is -1.06. The number of rotatable bonds is 13. The van der Waals surface area contributed by atoms with Gasteiger partial charge < -0.3 is 48.8 Å². The Hall–Kier alpha value is 1.17. The van der Waals surface area contributed by atoms with Gasteiger partial charge in [0.2, 0.25) is 5.91 Å². The zero-order valence-corrected chi connectivity index (χ0v) is 35.0. The molecule has 226 valence electrons. The summed E-state index contributed by atoms with van der Waals surface area (Å²) in [6, 6.07) is 0. The zero-order valence-electron chi connectivity index (χ0n) is 24.3. The fourth-order valence-electron chi connectivity index (χ4n) is 3.25. The van der Waals surface area contributed by atoms with Crippen molar-refractivity contribution in [1.82, 2.24) is 24.8 Å². The number of aromatic nitrogens is 4. The van der Waals surface area contributed by atoms with Gasteiger partial charge in [-0.3, -0.25) is 32.6 Å². The molecule has 27 heteroatoms. The van der Waals surface area contributed by atoms with E-state index in [0.29, 0.717) is 5.69 Å². The van der Waals surface area contributed by atoms with Crippen LogP contribution >= 0.6 is 23.5 Å². The molecule has 4 N–H and O–H groups in total. The molecule has 3 rings (SSSR count). The smallest absolute Gasteiger partial charge is 0.790 e. The number of amides is 1. The second-order valence-corrected chi connectivity index (χ2v) is 12.2. The van der Waals surface area contributed by atoms with E-state index in [-0.39, 0.29) is 137 Å². The SMILES string of the molecule is O=C(/C=C/c1cnc[nH]1)NC/C=C/c1cn([C@H]2C[C@H](O)[C@@H](COP(=O)([O-])OP(=O)([O-])OP(=O)([O-])[O-])O2)c(=O)[nH]c1=O.[Na+].[Na+].[Na+].[Na+]. The van der Waals surface area contributed by atoms with E-state index in [2.05, 4.69) is 28.4 Å². The number of nitrogens with one attached hydrogen (secondary N) is 3. The molecule has 0 saturated carbocycles. The van der Waals surface area contributed by atoms with Gasteiger partial charge in [-0.1, -0.05) is 12.2 Å². The van der Waals surface area contributed by atoms with Crippen LogP contribution in [0, 0.1) is 0 Å². The summed E-state index contributed by atoms with van der Waals surface area (Å²) in [6.07, 6.45) is 4.93. The number of imidazole rings is 1. The third-order valence-corrected chi connectivity index (χ3v) is 8.60. The molecule has 1 fully saturated rings. The number of aromatic amines is 2. The summed E-state index contributed by atoms with van der Waals surface area (Å²) in [5.74, 6) is -0.445. The van der Waals surface area contributed by atoms with Crippen LogP contribution < -0.4 is 154 Å². The Morgan fingerprint density at radius 1 is 1.11 bits per heavy atom. The van der Waals surface area contributed by atoms with E-state index < -0.39 is 65.7 Å². The summed E-state index contributed by atoms with van der Waals surface area (Å²) in [7, 11) is -18.2. The van der Waals surface area contributed by atoms with Crippen LogP contribution in [0.4, 0.5) is 0 Å². The first-order valence-corrected chi connectivity index (χ1v) is 15.4. The van der Waals surface area contributed by atoms with Crippen molar-refractivity contribution in [2.75, 3.05) is 13.2 Å². The van der Waals surface area contributed by atoms with Crippen molar-refractivity contribution in [3.63, 3.8) is 0 Å². The van der Waals surface area contributed by atoms with Crippen LogP contribution in [-0.2, 0) is 36.4 Å². The molecule has 0 spiro atoms. The second kappa shape index (κ2) is 21.4. The van der Waals surface area contributed by atoms with Crippen LogP contribution in [0.1, 0.15) is 23.9 Å². The third-order valence-electron chi connectivity index (χ3n) is 4.93. The van der Waals surface area contributed by atoms with Gasteiger partial charge in [0.1, 0.15) is 12.3 Å². The van der Waals surface area contributed by atoms with Crippen LogP contribution in [0.2, 0.25) is 0 Å². The van der Waals surface area contributed by atoms with Crippen molar-refractivity contribution in [3.05, 3.63) is 63.0 Å². The molecule has 1 aliphatic heterocycles. The Balaban J connectivity index is 0. The Morgan fingerprint density at radius 2 is 1.78 bits per heavy atom. The van der Waals surface area contributed by atoms with Gasteiger partial charge in [0.05, 0.1) is 44.3 Å². The van der Waals surface area contributed by atoms with E-state index in [1.807, 2.05) is 4.98 Å². The molecule has 0 radical (unpaired) electrons. The first-order chi connectivity index (χ1) is 19.0. The molecule has 45 heavy (non-hydrogen) atoms. The number of hydrogen-bond acceptors (Lipinski definition) is 16. The summed E-state index contributed by atoms with van der Waals surface area (Å²) >= 11 is 0. The molecule has 5 atom stereocenters. The molecule has 1 aliphatic rings. The number of phosphoric acid groups is 3. The minimum Gasteiger partial charge on any atom is -0.790 e. The van der Waals surface area contributed by atoms with Gasteiger partial charge in [-0.05, 0) is 6.08 Å². The molecule has 2 aromatic rings. The predicted molar refractivity (Wildman–Crippen MR) is 126 cm³/mol. The van der Waals surface area contributed by atoms with Gasteiger partial charge in [-0.15, -0.1) is 0 Å². The van der Waals surface area contributed by atoms with Gasteiger partial charge in [-0.25, -0.2) is 14.1 Å². The Kier molecular flexibility index (Phi) is 23.0. The molecule has 2 aromatic heterocycles. The van der Waals surface area contributed by atoms with Crippen molar-refractivity contribution < 1.29 is 179 Å². The van der Waals surface area contributed by atoms with Gasteiger partial charge in [0, 0.05) is 25.2 Å². The molecule has 1 saturated heterocycles. The first kappa shape index (κ1) is 48.3. The molecule has 0 aliphatic carbocycles. The summed E-state index contributed by atoms with van der Waals surface area (Å²) in [4.78, 5) is 88.7. The van der Waals surface area contributed by atoms with Crippen molar-refractivity contribution in [2.45, 2.75) is 24.9 Å². The molecule has 20 nitrogen and oxygen atoms in total. The number of ether oxygens (including phenoxy) is 1. The minimum absolute atomic E-state index is 0. The first-order valence-electron chi connectivity index (χ1n) is 11.0. The van der Waals surface area contributed by atoms with Gasteiger partial charge in [0.25, 0.3) is 21.2 Å². The zero-order chi connectivity index (χ0) is 30.4. The Bertz CT molecular complexity index is 1560. The number of carbonyl (C=O) groups is 1. The standard InChI is InChI=1S/C18H24N5O15P3.4Na/c24-13-6-16(36-14(13)9-35-40(31,32)38-41(33,34)37-39(28,29)30)23-8-11(17(26)22-18(23)27)2-1-5-20-15(25)4-3-12-7-19-10-21-12;;;;/h1-4,7-8,10,13-14,16,24H,5-6,9H2,(H,19,21)(H,20,25)(H,31,32)(H,33,34)(H,22,26,27)(H2,28,29,30);;;;/q;4*+1/p-4/b2-1+,4-3+;;;;/t13-,14+,16+;;;;/m0..../s1. The molecular formula is C18H20N5Na4O15P3. The molecule has 2 unspecified atom stereocenters. The Morgan fingerprint density at radius 3 is 2.38 bits per heavy atom. The Labute approximate surface area is 342 Å². The minimum atomic E-state index is -6.18. The predicted octanol–water partition coefficient (Wildman–Crippen LogP) is -15.4. The maximum absolute atomic E-state index is 12.3. The summed E-state index contributed by atoms with van der Waals surface area (Å²) in [5.41, 5.74) is -1.20. The number of carbonyl (C=O) groups excluding carboxylic acids is 1. The topological polar surface area (TPSA) is 313 Å². The van der Waals surface area contributed by atoms with Crippen molar-refractivity contribution in [2.24, 2.45) is 0 Å². The van der Waals surface area contributed by atoms with Crippen molar-refractivity contribution in [1.29, 1.82) is 0 Å². The average molecular weight is 731 g/mol. The summed E-state index contributed by atoms with van der Waals surface area (Å²) in [5, 5.41) is 12.7. The summed E-state index contributed by atoms with van der Waals surface area (Å²) < 4.78 is 50.3. The quantitative estimate of drug-likeness (QED) is 0.0844. The molecule has 0 bridgehead atoms. The number of aliphatic hydroxyl groups is 1. The van der Waals surface area contributed by atoms with Crippen LogP contribution in [0.25, 0.3) is 12.2 Å². The third kappa shape index (κ3) is 17.1. The molecular weight excluding hydrogens is 711 g/mol. The van der Waals surface area contributed by atoms with Crippen molar-refractivity contribution in [3.8, 4) is 0 Å². The van der Waals surface area contributed by atoms with E-state index in [1.165, 1.54) is 36.8 Å². The normalized spacial score (nSPS) is 20.6. The van der Waals surface area contributed by atoms with E-state index in [1.54, 1.807) is 0 Å².